The highest BCUT2D eigenvalue weighted by Gasteiger charge is 2.20. The molecule has 0 spiro atoms. The number of nitrogens with two attached hydrogens (primary N) is 1. The first-order valence-electron chi connectivity index (χ1n) is 6.93. The van der Waals surface area contributed by atoms with Gasteiger partial charge in [0.25, 0.3) is 0 Å². The van der Waals surface area contributed by atoms with Gasteiger partial charge in [0.2, 0.25) is 0 Å². The highest BCUT2D eigenvalue weighted by Crippen LogP contribution is 2.33. The second-order valence-electron chi connectivity index (χ2n) is 5.87. The minimum Gasteiger partial charge on any atom is -0.493 e. The second-order valence-corrected chi connectivity index (χ2v) is 5.87. The largest absolute Gasteiger partial charge is 0.493 e. The lowest BCUT2D eigenvalue weighted by atomic mass is 9.84. The van der Waals surface area contributed by atoms with Crippen LogP contribution in [0.25, 0.3) is 0 Å². The van der Waals surface area contributed by atoms with Crippen LogP contribution in [-0.2, 0) is 5.41 Å². The molecule has 18 heavy (non-hydrogen) atoms. The Morgan fingerprint density at radius 2 is 1.89 bits per heavy atom. The summed E-state index contributed by atoms with van der Waals surface area (Å²) < 4.78 is 5.84. The Labute approximate surface area is 112 Å². The molecular weight excluding hydrogens is 222 g/mol. The Hall–Kier alpha value is -1.02. The Balaban J connectivity index is 3.12. The molecule has 2 heteroatoms. The topological polar surface area (TPSA) is 35.2 Å². The number of hydrogen-bond acceptors (Lipinski definition) is 2. The van der Waals surface area contributed by atoms with Crippen LogP contribution in [0.5, 0.6) is 5.75 Å². The summed E-state index contributed by atoms with van der Waals surface area (Å²) in [5.74, 6) is 0.997. The molecule has 0 bridgehead atoms. The van der Waals surface area contributed by atoms with Crippen LogP contribution in [0.15, 0.2) is 18.2 Å². The van der Waals surface area contributed by atoms with E-state index in [9.17, 15) is 0 Å². The molecule has 0 amide bonds. The molecule has 0 aliphatic carbocycles. The van der Waals surface area contributed by atoms with Gasteiger partial charge in [-0.25, -0.2) is 0 Å². The molecule has 102 valence electrons. The predicted molar refractivity (Wildman–Crippen MR) is 78.1 cm³/mol. The molecule has 1 rings (SSSR count). The van der Waals surface area contributed by atoms with Crippen molar-refractivity contribution in [1.29, 1.82) is 0 Å². The van der Waals surface area contributed by atoms with Crippen LogP contribution in [0, 0.1) is 0 Å². The quantitative estimate of drug-likeness (QED) is 0.849. The van der Waals surface area contributed by atoms with Crippen molar-refractivity contribution in [2.75, 3.05) is 6.61 Å². The Kier molecular flexibility index (Phi) is 5.21. The van der Waals surface area contributed by atoms with Gasteiger partial charge in [-0.3, -0.25) is 0 Å². The summed E-state index contributed by atoms with van der Waals surface area (Å²) in [6.45, 7) is 11.6. The van der Waals surface area contributed by atoms with Crippen molar-refractivity contribution in [1.82, 2.24) is 0 Å². The molecule has 0 aliphatic heterocycles. The molecule has 0 heterocycles. The molecule has 2 nitrogen and oxygen atoms in total. The zero-order valence-electron chi connectivity index (χ0n) is 12.4. The van der Waals surface area contributed by atoms with Crippen LogP contribution in [0.4, 0.5) is 0 Å². The van der Waals surface area contributed by atoms with Gasteiger partial charge in [0.1, 0.15) is 5.75 Å². The minimum absolute atomic E-state index is 0.0759. The van der Waals surface area contributed by atoms with Crippen LogP contribution in [0.3, 0.4) is 0 Å². The van der Waals surface area contributed by atoms with E-state index in [1.165, 1.54) is 11.1 Å². The lowest BCUT2D eigenvalue weighted by Gasteiger charge is -2.24. The third kappa shape index (κ3) is 3.74. The van der Waals surface area contributed by atoms with Crippen LogP contribution in [0.1, 0.15) is 64.6 Å². The molecule has 0 fully saturated rings. The van der Waals surface area contributed by atoms with E-state index in [1.54, 1.807) is 0 Å². The molecule has 1 aromatic rings. The van der Waals surface area contributed by atoms with Gasteiger partial charge >= 0.3 is 0 Å². The summed E-state index contributed by atoms with van der Waals surface area (Å²) in [7, 11) is 0. The van der Waals surface area contributed by atoms with Crippen molar-refractivity contribution < 1.29 is 4.74 Å². The molecule has 1 unspecified atom stereocenters. The SMILES string of the molecule is CCCOc1ccc(C(N)CC)cc1C(C)(C)C. The fourth-order valence-electron chi connectivity index (χ4n) is 1.94. The fourth-order valence-corrected chi connectivity index (χ4v) is 1.94. The summed E-state index contributed by atoms with van der Waals surface area (Å²) >= 11 is 0. The smallest absolute Gasteiger partial charge is 0.123 e. The lowest BCUT2D eigenvalue weighted by molar-refractivity contribution is 0.308. The summed E-state index contributed by atoms with van der Waals surface area (Å²) in [6, 6.07) is 6.49. The maximum Gasteiger partial charge on any atom is 0.123 e. The van der Waals surface area contributed by atoms with E-state index < -0.39 is 0 Å². The minimum atomic E-state index is 0.0759. The van der Waals surface area contributed by atoms with Gasteiger partial charge in [0, 0.05) is 6.04 Å². The highest BCUT2D eigenvalue weighted by atomic mass is 16.5. The number of rotatable bonds is 5. The van der Waals surface area contributed by atoms with E-state index in [2.05, 4.69) is 52.8 Å². The van der Waals surface area contributed by atoms with E-state index in [4.69, 9.17) is 10.5 Å². The first-order valence-corrected chi connectivity index (χ1v) is 6.93. The Bertz CT molecular complexity index is 379. The molecule has 0 saturated heterocycles. The third-order valence-electron chi connectivity index (χ3n) is 3.14. The molecule has 0 aromatic heterocycles. The number of ether oxygens (including phenoxy) is 1. The maximum absolute atomic E-state index is 6.12. The molecular formula is C16H27NO. The van der Waals surface area contributed by atoms with Crippen molar-refractivity contribution in [3.05, 3.63) is 29.3 Å². The van der Waals surface area contributed by atoms with Gasteiger partial charge in [0.05, 0.1) is 6.61 Å². The number of hydrogen-bond donors (Lipinski definition) is 1. The van der Waals surface area contributed by atoms with Gasteiger partial charge in [-0.05, 0) is 35.4 Å². The molecule has 0 radical (unpaired) electrons. The molecule has 0 saturated carbocycles. The second kappa shape index (κ2) is 6.24. The lowest BCUT2D eigenvalue weighted by Crippen LogP contribution is -2.16. The molecule has 1 atom stereocenters. The van der Waals surface area contributed by atoms with Crippen molar-refractivity contribution in [2.24, 2.45) is 5.73 Å². The predicted octanol–water partition coefficient (Wildman–Crippen LogP) is 4.18. The monoisotopic (exact) mass is 249 g/mol. The van der Waals surface area contributed by atoms with E-state index in [0.29, 0.717) is 0 Å². The number of benzene rings is 1. The van der Waals surface area contributed by atoms with Gasteiger partial charge in [-0.15, -0.1) is 0 Å². The zero-order valence-corrected chi connectivity index (χ0v) is 12.4. The van der Waals surface area contributed by atoms with Gasteiger partial charge in [-0.2, -0.15) is 0 Å². The summed E-state index contributed by atoms with van der Waals surface area (Å²) in [6.07, 6.45) is 1.98. The standard InChI is InChI=1S/C16H27NO/c1-6-10-18-15-9-8-12(14(17)7-2)11-13(15)16(3,4)5/h8-9,11,14H,6-7,10,17H2,1-5H3. The molecule has 2 N–H and O–H groups in total. The summed E-state index contributed by atoms with van der Waals surface area (Å²) in [5, 5.41) is 0. The van der Waals surface area contributed by atoms with Crippen LogP contribution in [0.2, 0.25) is 0 Å². The van der Waals surface area contributed by atoms with Gasteiger partial charge in [0.15, 0.2) is 0 Å². The Morgan fingerprint density at radius 3 is 2.39 bits per heavy atom. The molecule has 1 aromatic carbocycles. The van der Waals surface area contributed by atoms with Crippen LogP contribution >= 0.6 is 0 Å². The van der Waals surface area contributed by atoms with E-state index in [0.717, 1.165) is 25.2 Å². The van der Waals surface area contributed by atoms with Crippen molar-refractivity contribution in [2.45, 2.75) is 58.9 Å². The van der Waals surface area contributed by atoms with Crippen molar-refractivity contribution in [3.8, 4) is 5.75 Å². The zero-order chi connectivity index (χ0) is 13.8. The van der Waals surface area contributed by atoms with E-state index in [-0.39, 0.29) is 11.5 Å². The first-order chi connectivity index (χ1) is 8.40. The van der Waals surface area contributed by atoms with Crippen molar-refractivity contribution in [3.63, 3.8) is 0 Å². The third-order valence-corrected chi connectivity index (χ3v) is 3.14. The van der Waals surface area contributed by atoms with Gasteiger partial charge in [-0.1, -0.05) is 46.8 Å². The average Bonchev–Trinajstić information content (AvgIpc) is 2.34. The molecule has 0 aliphatic rings. The highest BCUT2D eigenvalue weighted by molar-refractivity contribution is 5.42. The Morgan fingerprint density at radius 1 is 1.22 bits per heavy atom. The summed E-state index contributed by atoms with van der Waals surface area (Å²) in [5.41, 5.74) is 8.64. The van der Waals surface area contributed by atoms with E-state index >= 15 is 0 Å². The fraction of sp³-hybridized carbons (Fsp3) is 0.625. The average molecular weight is 249 g/mol. The maximum atomic E-state index is 6.12. The van der Waals surface area contributed by atoms with Crippen LogP contribution < -0.4 is 10.5 Å². The summed E-state index contributed by atoms with van der Waals surface area (Å²) in [4.78, 5) is 0. The van der Waals surface area contributed by atoms with E-state index in [1.807, 2.05) is 0 Å². The normalized spacial score (nSPS) is 13.4. The van der Waals surface area contributed by atoms with Gasteiger partial charge < -0.3 is 10.5 Å². The van der Waals surface area contributed by atoms with Crippen molar-refractivity contribution >= 4 is 0 Å². The van der Waals surface area contributed by atoms with Crippen LogP contribution in [-0.4, -0.2) is 6.61 Å². The first kappa shape index (κ1) is 15.0.